The van der Waals surface area contributed by atoms with Crippen LogP contribution in [0.4, 0.5) is 0 Å². The number of nitrogens with one attached hydrogen (secondary N) is 1. The first-order chi connectivity index (χ1) is 8.61. The number of morpholine rings is 1. The van der Waals surface area contributed by atoms with E-state index in [-0.39, 0.29) is 5.60 Å². The molecule has 1 aromatic rings. The molecule has 0 spiro atoms. The number of hydrogen-bond acceptors (Lipinski definition) is 3. The Kier molecular flexibility index (Phi) is 4.38. The molecule has 2 rings (SSSR count). The van der Waals surface area contributed by atoms with E-state index in [9.17, 15) is 0 Å². The van der Waals surface area contributed by atoms with Crippen LogP contribution in [0.5, 0.6) is 0 Å². The topological polar surface area (TPSA) is 24.5 Å². The van der Waals surface area contributed by atoms with Gasteiger partial charge in [0.1, 0.15) is 0 Å². The quantitative estimate of drug-likeness (QED) is 0.882. The van der Waals surface area contributed by atoms with Crippen molar-refractivity contribution >= 4 is 0 Å². The molecule has 0 amide bonds. The SMILES string of the molecule is CNCc1ccccc1CN1CCOC(C)(C)C1. The fourth-order valence-corrected chi connectivity index (χ4v) is 2.56. The molecule has 3 heteroatoms. The van der Waals surface area contributed by atoms with Crippen LogP contribution in [-0.2, 0) is 17.8 Å². The maximum Gasteiger partial charge on any atom is 0.0753 e. The number of rotatable bonds is 4. The van der Waals surface area contributed by atoms with Crippen LogP contribution in [0.3, 0.4) is 0 Å². The van der Waals surface area contributed by atoms with Crippen molar-refractivity contribution < 1.29 is 4.74 Å². The third kappa shape index (κ3) is 3.55. The molecule has 0 radical (unpaired) electrons. The molecular weight excluding hydrogens is 224 g/mol. The maximum absolute atomic E-state index is 5.76. The van der Waals surface area contributed by atoms with Gasteiger partial charge < -0.3 is 10.1 Å². The number of ether oxygens (including phenoxy) is 1. The first kappa shape index (κ1) is 13.5. The second-order valence-corrected chi connectivity index (χ2v) is 5.62. The average Bonchev–Trinajstić information content (AvgIpc) is 2.31. The minimum absolute atomic E-state index is 0.0177. The van der Waals surface area contributed by atoms with Gasteiger partial charge in [0, 0.05) is 26.2 Å². The van der Waals surface area contributed by atoms with Gasteiger partial charge >= 0.3 is 0 Å². The molecule has 100 valence electrons. The molecule has 1 fully saturated rings. The molecule has 1 aliphatic heterocycles. The standard InChI is InChI=1S/C15H24N2O/c1-15(2)12-17(8-9-18-15)11-14-7-5-4-6-13(14)10-16-3/h4-7,16H,8-12H2,1-3H3. The third-order valence-electron chi connectivity index (χ3n) is 3.38. The zero-order valence-electron chi connectivity index (χ0n) is 11.7. The highest BCUT2D eigenvalue weighted by molar-refractivity contribution is 5.27. The van der Waals surface area contributed by atoms with E-state index >= 15 is 0 Å². The Morgan fingerprint density at radius 3 is 2.67 bits per heavy atom. The van der Waals surface area contributed by atoms with Crippen molar-refractivity contribution in [2.24, 2.45) is 0 Å². The summed E-state index contributed by atoms with van der Waals surface area (Å²) in [6.07, 6.45) is 0. The lowest BCUT2D eigenvalue weighted by atomic mass is 10.0. The summed E-state index contributed by atoms with van der Waals surface area (Å²) in [5.74, 6) is 0. The molecule has 3 nitrogen and oxygen atoms in total. The maximum atomic E-state index is 5.76. The normalized spacial score (nSPS) is 19.9. The van der Waals surface area contributed by atoms with E-state index in [1.807, 2.05) is 7.05 Å². The van der Waals surface area contributed by atoms with Gasteiger partial charge in [0.2, 0.25) is 0 Å². The Morgan fingerprint density at radius 2 is 2.00 bits per heavy atom. The minimum atomic E-state index is -0.0177. The van der Waals surface area contributed by atoms with Crippen LogP contribution < -0.4 is 5.32 Å². The Labute approximate surface area is 110 Å². The van der Waals surface area contributed by atoms with E-state index < -0.39 is 0 Å². The Balaban J connectivity index is 2.04. The van der Waals surface area contributed by atoms with Gasteiger partial charge in [-0.1, -0.05) is 24.3 Å². The van der Waals surface area contributed by atoms with Crippen molar-refractivity contribution in [3.8, 4) is 0 Å². The van der Waals surface area contributed by atoms with Gasteiger partial charge in [-0.3, -0.25) is 4.90 Å². The summed E-state index contributed by atoms with van der Waals surface area (Å²) in [6, 6.07) is 8.67. The lowest BCUT2D eigenvalue weighted by Crippen LogP contribution is -2.47. The summed E-state index contributed by atoms with van der Waals surface area (Å²) < 4.78 is 5.76. The summed E-state index contributed by atoms with van der Waals surface area (Å²) in [5.41, 5.74) is 2.80. The Morgan fingerprint density at radius 1 is 1.28 bits per heavy atom. The van der Waals surface area contributed by atoms with E-state index in [2.05, 4.69) is 48.3 Å². The van der Waals surface area contributed by atoms with E-state index in [1.165, 1.54) is 11.1 Å². The first-order valence-corrected chi connectivity index (χ1v) is 6.68. The molecule has 0 atom stereocenters. The zero-order chi connectivity index (χ0) is 13.0. The lowest BCUT2D eigenvalue weighted by molar-refractivity contribution is -0.0883. The van der Waals surface area contributed by atoms with Crippen molar-refractivity contribution in [1.29, 1.82) is 0 Å². The molecular formula is C15H24N2O. The predicted molar refractivity (Wildman–Crippen MR) is 74.5 cm³/mol. The summed E-state index contributed by atoms with van der Waals surface area (Å²) in [4.78, 5) is 2.48. The van der Waals surface area contributed by atoms with Crippen molar-refractivity contribution in [3.63, 3.8) is 0 Å². The molecule has 1 aromatic carbocycles. The van der Waals surface area contributed by atoms with Crippen molar-refractivity contribution in [1.82, 2.24) is 10.2 Å². The highest BCUT2D eigenvalue weighted by Crippen LogP contribution is 2.19. The van der Waals surface area contributed by atoms with Crippen molar-refractivity contribution in [3.05, 3.63) is 35.4 Å². The number of benzene rings is 1. The van der Waals surface area contributed by atoms with Crippen LogP contribution >= 0.6 is 0 Å². The molecule has 1 aliphatic rings. The van der Waals surface area contributed by atoms with Gasteiger partial charge in [0.05, 0.1) is 12.2 Å². The van der Waals surface area contributed by atoms with Crippen LogP contribution in [0, 0.1) is 0 Å². The van der Waals surface area contributed by atoms with Crippen molar-refractivity contribution in [2.75, 3.05) is 26.7 Å². The average molecular weight is 248 g/mol. The van der Waals surface area contributed by atoms with E-state index in [4.69, 9.17) is 4.74 Å². The number of nitrogens with zero attached hydrogens (tertiary/aromatic N) is 1. The minimum Gasteiger partial charge on any atom is -0.373 e. The second-order valence-electron chi connectivity index (χ2n) is 5.62. The van der Waals surface area contributed by atoms with Crippen molar-refractivity contribution in [2.45, 2.75) is 32.5 Å². The van der Waals surface area contributed by atoms with Gasteiger partial charge in [-0.15, -0.1) is 0 Å². The fraction of sp³-hybridized carbons (Fsp3) is 0.600. The molecule has 1 heterocycles. The Bertz CT molecular complexity index is 390. The highest BCUT2D eigenvalue weighted by Gasteiger charge is 2.27. The predicted octanol–water partition coefficient (Wildman–Crippen LogP) is 2.02. The van der Waals surface area contributed by atoms with Gasteiger partial charge in [-0.2, -0.15) is 0 Å². The summed E-state index contributed by atoms with van der Waals surface area (Å²) in [6.45, 7) is 9.14. The third-order valence-corrected chi connectivity index (χ3v) is 3.38. The molecule has 1 N–H and O–H groups in total. The van der Waals surface area contributed by atoms with Gasteiger partial charge in [0.15, 0.2) is 0 Å². The van der Waals surface area contributed by atoms with Crippen LogP contribution in [-0.4, -0.2) is 37.2 Å². The zero-order valence-corrected chi connectivity index (χ0v) is 11.7. The Hall–Kier alpha value is -0.900. The van der Waals surface area contributed by atoms with Gasteiger partial charge in [0.25, 0.3) is 0 Å². The van der Waals surface area contributed by atoms with E-state index in [0.29, 0.717) is 0 Å². The van der Waals surface area contributed by atoms with Crippen LogP contribution in [0.2, 0.25) is 0 Å². The van der Waals surface area contributed by atoms with Crippen LogP contribution in [0.1, 0.15) is 25.0 Å². The molecule has 0 aliphatic carbocycles. The lowest BCUT2D eigenvalue weighted by Gasteiger charge is -2.38. The molecule has 0 unspecified atom stereocenters. The van der Waals surface area contributed by atoms with E-state index in [0.717, 1.165) is 32.8 Å². The van der Waals surface area contributed by atoms with Gasteiger partial charge in [-0.25, -0.2) is 0 Å². The second kappa shape index (κ2) is 5.83. The van der Waals surface area contributed by atoms with Crippen LogP contribution in [0.15, 0.2) is 24.3 Å². The first-order valence-electron chi connectivity index (χ1n) is 6.68. The highest BCUT2D eigenvalue weighted by atomic mass is 16.5. The van der Waals surface area contributed by atoms with E-state index in [1.54, 1.807) is 0 Å². The largest absolute Gasteiger partial charge is 0.373 e. The monoisotopic (exact) mass is 248 g/mol. The molecule has 0 saturated carbocycles. The molecule has 0 aromatic heterocycles. The summed E-state index contributed by atoms with van der Waals surface area (Å²) in [5, 5.41) is 3.23. The fourth-order valence-electron chi connectivity index (χ4n) is 2.56. The summed E-state index contributed by atoms with van der Waals surface area (Å²) >= 11 is 0. The van der Waals surface area contributed by atoms with Gasteiger partial charge in [-0.05, 0) is 32.0 Å². The molecule has 0 bridgehead atoms. The summed E-state index contributed by atoms with van der Waals surface area (Å²) in [7, 11) is 1.99. The molecule has 18 heavy (non-hydrogen) atoms. The van der Waals surface area contributed by atoms with Crippen LogP contribution in [0.25, 0.3) is 0 Å². The number of hydrogen-bond donors (Lipinski definition) is 1. The smallest absolute Gasteiger partial charge is 0.0753 e. The molecule has 1 saturated heterocycles.